The molecule has 0 atom stereocenters. The van der Waals surface area contributed by atoms with Gasteiger partial charge in [0.15, 0.2) is 0 Å². The molecule has 0 saturated heterocycles. The Labute approximate surface area is 146 Å². The van der Waals surface area contributed by atoms with Crippen molar-refractivity contribution in [3.05, 3.63) is 58.9 Å². The molecule has 4 nitrogen and oxygen atoms in total. The summed E-state index contributed by atoms with van der Waals surface area (Å²) in [4.78, 5) is 4.12. The van der Waals surface area contributed by atoms with Crippen LogP contribution in [-0.4, -0.2) is 21.3 Å². The molecule has 0 amide bonds. The van der Waals surface area contributed by atoms with E-state index in [-0.39, 0.29) is 0 Å². The summed E-state index contributed by atoms with van der Waals surface area (Å²) in [6.07, 6.45) is 6.99. The summed E-state index contributed by atoms with van der Waals surface area (Å²) in [5.74, 6) is 1.09. The molecular weight excluding hydrogens is 320 g/mol. The number of fused-ring (bicyclic) bond motifs is 1. The summed E-state index contributed by atoms with van der Waals surface area (Å²) in [6, 6.07) is 9.99. The SMILES string of the molecule is Cc1c(Cl)cccc1-n1nc(-c2ccncc2)c2c1NCCCC2. The number of nitrogens with zero attached hydrogens (tertiary/aromatic N) is 3. The maximum atomic E-state index is 6.33. The number of rotatable bonds is 2. The summed E-state index contributed by atoms with van der Waals surface area (Å²) in [5.41, 5.74) is 5.47. The predicted octanol–water partition coefficient (Wildman–Crippen LogP) is 4.64. The van der Waals surface area contributed by atoms with E-state index in [1.807, 2.05) is 48.3 Å². The standard InChI is InChI=1S/C19H19ClN4/c1-13-16(20)6-4-7-17(13)24-19-15(5-2-3-10-22-19)18(23-24)14-8-11-21-12-9-14/h4,6-9,11-12,22H,2-3,5,10H2,1H3. The van der Waals surface area contributed by atoms with E-state index in [2.05, 4.69) is 16.4 Å². The fourth-order valence-corrected chi connectivity index (χ4v) is 3.41. The molecule has 0 bridgehead atoms. The summed E-state index contributed by atoms with van der Waals surface area (Å²) >= 11 is 6.33. The lowest BCUT2D eigenvalue weighted by Crippen LogP contribution is -2.08. The van der Waals surface area contributed by atoms with Gasteiger partial charge in [-0.1, -0.05) is 17.7 Å². The Hall–Kier alpha value is -2.33. The average Bonchev–Trinajstić information content (AvgIpc) is 2.79. The van der Waals surface area contributed by atoms with Gasteiger partial charge >= 0.3 is 0 Å². The highest BCUT2D eigenvalue weighted by atomic mass is 35.5. The highest BCUT2D eigenvalue weighted by molar-refractivity contribution is 6.31. The first kappa shape index (κ1) is 15.2. The van der Waals surface area contributed by atoms with Gasteiger partial charge in [0, 0.05) is 35.1 Å². The molecule has 0 radical (unpaired) electrons. The van der Waals surface area contributed by atoms with Crippen molar-refractivity contribution >= 4 is 17.4 Å². The first-order chi connectivity index (χ1) is 11.8. The molecule has 1 aliphatic heterocycles. The van der Waals surface area contributed by atoms with Crippen LogP contribution in [0.1, 0.15) is 24.0 Å². The maximum Gasteiger partial charge on any atom is 0.133 e. The molecule has 0 unspecified atom stereocenters. The minimum absolute atomic E-state index is 0.760. The molecule has 1 aliphatic rings. The molecule has 3 aromatic rings. The molecule has 1 aromatic carbocycles. The first-order valence-corrected chi connectivity index (χ1v) is 8.65. The number of pyridine rings is 1. The molecule has 3 heterocycles. The van der Waals surface area contributed by atoms with E-state index in [4.69, 9.17) is 16.7 Å². The smallest absolute Gasteiger partial charge is 0.133 e. The number of benzene rings is 1. The van der Waals surface area contributed by atoms with Crippen LogP contribution < -0.4 is 5.32 Å². The van der Waals surface area contributed by atoms with E-state index in [0.717, 1.165) is 52.7 Å². The third-order valence-electron chi connectivity index (χ3n) is 4.55. The Bertz CT molecular complexity index is 871. The highest BCUT2D eigenvalue weighted by Gasteiger charge is 2.22. The second-order valence-corrected chi connectivity index (χ2v) is 6.50. The van der Waals surface area contributed by atoms with Crippen LogP contribution in [0.4, 0.5) is 5.82 Å². The van der Waals surface area contributed by atoms with Crippen molar-refractivity contribution in [2.24, 2.45) is 0 Å². The quantitative estimate of drug-likeness (QED) is 0.740. The monoisotopic (exact) mass is 338 g/mol. The number of hydrogen-bond acceptors (Lipinski definition) is 3. The molecule has 1 N–H and O–H groups in total. The molecule has 0 spiro atoms. The van der Waals surface area contributed by atoms with Crippen LogP contribution in [0.2, 0.25) is 5.02 Å². The van der Waals surface area contributed by atoms with Crippen LogP contribution in [0.5, 0.6) is 0 Å². The number of halogens is 1. The highest BCUT2D eigenvalue weighted by Crippen LogP contribution is 2.35. The summed E-state index contributed by atoms with van der Waals surface area (Å²) in [7, 11) is 0. The zero-order chi connectivity index (χ0) is 16.5. The Morgan fingerprint density at radius 1 is 1.12 bits per heavy atom. The molecule has 24 heavy (non-hydrogen) atoms. The minimum Gasteiger partial charge on any atom is -0.370 e. The van der Waals surface area contributed by atoms with Crippen molar-refractivity contribution < 1.29 is 0 Å². The largest absolute Gasteiger partial charge is 0.370 e. The van der Waals surface area contributed by atoms with Crippen molar-refractivity contribution in [1.82, 2.24) is 14.8 Å². The normalized spacial score (nSPS) is 13.9. The zero-order valence-electron chi connectivity index (χ0n) is 13.6. The second-order valence-electron chi connectivity index (χ2n) is 6.09. The van der Waals surface area contributed by atoms with E-state index in [1.54, 1.807) is 0 Å². The predicted molar refractivity (Wildman–Crippen MR) is 98.0 cm³/mol. The topological polar surface area (TPSA) is 42.7 Å². The van der Waals surface area contributed by atoms with Crippen LogP contribution >= 0.6 is 11.6 Å². The second kappa shape index (κ2) is 6.29. The van der Waals surface area contributed by atoms with Crippen LogP contribution in [0.25, 0.3) is 16.9 Å². The van der Waals surface area contributed by atoms with Gasteiger partial charge in [0.1, 0.15) is 5.82 Å². The van der Waals surface area contributed by atoms with Crippen LogP contribution in [0, 0.1) is 6.92 Å². The number of nitrogens with one attached hydrogen (secondary N) is 1. The van der Waals surface area contributed by atoms with Crippen molar-refractivity contribution in [1.29, 1.82) is 0 Å². The fourth-order valence-electron chi connectivity index (χ4n) is 3.24. The van der Waals surface area contributed by atoms with Crippen LogP contribution in [-0.2, 0) is 6.42 Å². The van der Waals surface area contributed by atoms with Gasteiger partial charge in [-0.25, -0.2) is 4.68 Å². The molecular formula is C19H19ClN4. The Morgan fingerprint density at radius 3 is 2.79 bits per heavy atom. The van der Waals surface area contributed by atoms with Gasteiger partial charge in [-0.3, -0.25) is 4.98 Å². The Balaban J connectivity index is 1.95. The van der Waals surface area contributed by atoms with E-state index in [9.17, 15) is 0 Å². The lowest BCUT2D eigenvalue weighted by molar-refractivity contribution is 0.779. The van der Waals surface area contributed by atoms with Gasteiger partial charge in [-0.15, -0.1) is 0 Å². The number of anilines is 1. The first-order valence-electron chi connectivity index (χ1n) is 8.27. The van der Waals surface area contributed by atoms with Crippen molar-refractivity contribution in [3.63, 3.8) is 0 Å². The van der Waals surface area contributed by atoms with Gasteiger partial charge in [-0.2, -0.15) is 5.10 Å². The number of aromatic nitrogens is 3. The van der Waals surface area contributed by atoms with Crippen LogP contribution in [0.3, 0.4) is 0 Å². The average molecular weight is 339 g/mol. The molecule has 2 aromatic heterocycles. The van der Waals surface area contributed by atoms with Crippen molar-refractivity contribution in [2.45, 2.75) is 26.2 Å². The van der Waals surface area contributed by atoms with Crippen LogP contribution in [0.15, 0.2) is 42.7 Å². The van der Waals surface area contributed by atoms with Gasteiger partial charge in [0.25, 0.3) is 0 Å². The van der Waals surface area contributed by atoms with Crippen molar-refractivity contribution in [3.8, 4) is 16.9 Å². The lowest BCUT2D eigenvalue weighted by Gasteiger charge is -2.12. The Kier molecular flexibility index (Phi) is 3.98. The minimum atomic E-state index is 0.760. The van der Waals surface area contributed by atoms with Gasteiger partial charge in [0.2, 0.25) is 0 Å². The molecule has 122 valence electrons. The van der Waals surface area contributed by atoms with E-state index in [0.29, 0.717) is 0 Å². The summed E-state index contributed by atoms with van der Waals surface area (Å²) in [6.45, 7) is 3.00. The van der Waals surface area contributed by atoms with Gasteiger partial charge in [0.05, 0.1) is 11.4 Å². The Morgan fingerprint density at radius 2 is 1.96 bits per heavy atom. The molecule has 0 saturated carbocycles. The maximum absolute atomic E-state index is 6.33. The fraction of sp³-hybridized carbons (Fsp3) is 0.263. The zero-order valence-corrected chi connectivity index (χ0v) is 14.3. The number of hydrogen-bond donors (Lipinski definition) is 1. The molecule has 0 aliphatic carbocycles. The van der Waals surface area contributed by atoms with Crippen molar-refractivity contribution in [2.75, 3.05) is 11.9 Å². The molecule has 4 rings (SSSR count). The summed E-state index contributed by atoms with van der Waals surface area (Å²) in [5, 5.41) is 9.27. The van der Waals surface area contributed by atoms with Gasteiger partial charge < -0.3 is 5.32 Å². The molecule has 5 heteroatoms. The lowest BCUT2D eigenvalue weighted by atomic mass is 10.0. The third kappa shape index (κ3) is 2.57. The van der Waals surface area contributed by atoms with E-state index in [1.165, 1.54) is 12.0 Å². The third-order valence-corrected chi connectivity index (χ3v) is 4.96. The van der Waals surface area contributed by atoms with Gasteiger partial charge in [-0.05, 0) is 56.0 Å². The summed E-state index contributed by atoms with van der Waals surface area (Å²) < 4.78 is 2.01. The van der Waals surface area contributed by atoms with E-state index >= 15 is 0 Å². The van der Waals surface area contributed by atoms with E-state index < -0.39 is 0 Å². The molecule has 0 fully saturated rings.